The smallest absolute Gasteiger partial charge is 0.221 e. The molecule has 0 radical (unpaired) electrons. The van der Waals surface area contributed by atoms with Gasteiger partial charge in [0, 0.05) is 6.42 Å². The van der Waals surface area contributed by atoms with Crippen molar-refractivity contribution >= 4 is 15.7 Å². The van der Waals surface area contributed by atoms with Gasteiger partial charge in [-0.3, -0.25) is 4.79 Å². The van der Waals surface area contributed by atoms with Gasteiger partial charge in [0.05, 0.1) is 17.5 Å². The fraction of sp³-hybridized carbons (Fsp3) is 0.316. The Hall–Kier alpha value is -2.14. The molecule has 2 rings (SSSR count). The highest BCUT2D eigenvalue weighted by atomic mass is 32.2. The molecule has 0 aromatic heterocycles. The van der Waals surface area contributed by atoms with Gasteiger partial charge in [-0.05, 0) is 25.0 Å². The average Bonchev–Trinajstić information content (AvgIpc) is 2.56. The van der Waals surface area contributed by atoms with Gasteiger partial charge in [-0.25, -0.2) is 8.42 Å². The summed E-state index contributed by atoms with van der Waals surface area (Å²) in [5.41, 5.74) is 2.83. The fourth-order valence-corrected chi connectivity index (χ4v) is 3.74. The van der Waals surface area contributed by atoms with Crippen molar-refractivity contribution in [3.8, 4) is 0 Å². The summed E-state index contributed by atoms with van der Waals surface area (Å²) < 4.78 is 24.3. The number of carbonyl (C=O) groups is 1. The number of nitrogens with one attached hydrogen (secondary N) is 1. The number of sulfone groups is 1. The molecule has 0 bridgehead atoms. The lowest BCUT2D eigenvalue weighted by molar-refractivity contribution is -0.121. The molecule has 0 unspecified atom stereocenters. The molecule has 0 saturated carbocycles. The summed E-state index contributed by atoms with van der Waals surface area (Å²) >= 11 is 0. The van der Waals surface area contributed by atoms with Gasteiger partial charge in [0.25, 0.3) is 0 Å². The van der Waals surface area contributed by atoms with Crippen LogP contribution in [0.2, 0.25) is 0 Å². The second kappa shape index (κ2) is 8.11. The molecule has 1 amide bonds. The molecular weight excluding hydrogens is 322 g/mol. The molecule has 1 atom stereocenters. The van der Waals surface area contributed by atoms with Crippen LogP contribution in [-0.4, -0.2) is 20.1 Å². The average molecular weight is 345 g/mol. The first kappa shape index (κ1) is 18.2. The highest BCUT2D eigenvalue weighted by Gasteiger charge is 2.16. The lowest BCUT2D eigenvalue weighted by Gasteiger charge is -2.14. The van der Waals surface area contributed by atoms with E-state index >= 15 is 0 Å². The fourth-order valence-electron chi connectivity index (χ4n) is 2.40. The van der Waals surface area contributed by atoms with Crippen molar-refractivity contribution in [3.63, 3.8) is 0 Å². The van der Waals surface area contributed by atoms with Gasteiger partial charge < -0.3 is 5.32 Å². The first-order valence-corrected chi connectivity index (χ1v) is 9.78. The van der Waals surface area contributed by atoms with E-state index < -0.39 is 9.84 Å². The molecule has 1 N–H and O–H groups in total. The Morgan fingerprint density at radius 3 is 2.29 bits per heavy atom. The number of rotatable bonds is 7. The van der Waals surface area contributed by atoms with E-state index in [-0.39, 0.29) is 29.9 Å². The Bertz CT molecular complexity index is 768. The second-order valence-electron chi connectivity index (χ2n) is 6.03. The standard InChI is InChI=1S/C19H23NO3S/c1-15-8-10-17(11-9-15)14-24(22,23)13-12-19(21)20-16(2)18-6-4-3-5-7-18/h3-11,16H,12-14H2,1-2H3,(H,20,21)/t16-/m0/s1. The van der Waals surface area contributed by atoms with E-state index in [0.29, 0.717) is 0 Å². The zero-order chi connectivity index (χ0) is 17.6. The van der Waals surface area contributed by atoms with Gasteiger partial charge >= 0.3 is 0 Å². The van der Waals surface area contributed by atoms with E-state index in [1.807, 2.05) is 68.4 Å². The third-order valence-electron chi connectivity index (χ3n) is 3.82. The topological polar surface area (TPSA) is 63.2 Å². The lowest BCUT2D eigenvalue weighted by atomic mass is 10.1. The van der Waals surface area contributed by atoms with Gasteiger partial charge in [0.1, 0.15) is 0 Å². The Labute approximate surface area is 143 Å². The van der Waals surface area contributed by atoms with Crippen LogP contribution in [0.25, 0.3) is 0 Å². The molecule has 24 heavy (non-hydrogen) atoms. The molecular formula is C19H23NO3S. The van der Waals surface area contributed by atoms with Gasteiger partial charge in [-0.1, -0.05) is 60.2 Å². The van der Waals surface area contributed by atoms with Crippen molar-refractivity contribution in [3.05, 3.63) is 71.3 Å². The van der Waals surface area contributed by atoms with Crippen molar-refractivity contribution in [2.45, 2.75) is 32.1 Å². The summed E-state index contributed by atoms with van der Waals surface area (Å²) in [4.78, 5) is 12.0. The van der Waals surface area contributed by atoms with Crippen LogP contribution in [0.15, 0.2) is 54.6 Å². The van der Waals surface area contributed by atoms with Crippen molar-refractivity contribution < 1.29 is 13.2 Å². The summed E-state index contributed by atoms with van der Waals surface area (Å²) in [5.74, 6) is -0.429. The van der Waals surface area contributed by atoms with Crippen LogP contribution in [-0.2, 0) is 20.4 Å². The van der Waals surface area contributed by atoms with E-state index in [9.17, 15) is 13.2 Å². The third kappa shape index (κ3) is 5.81. The van der Waals surface area contributed by atoms with Crippen LogP contribution in [0.3, 0.4) is 0 Å². The minimum Gasteiger partial charge on any atom is -0.350 e. The normalized spacial score (nSPS) is 12.6. The van der Waals surface area contributed by atoms with Crippen LogP contribution in [0.5, 0.6) is 0 Å². The van der Waals surface area contributed by atoms with Crippen LogP contribution in [0.4, 0.5) is 0 Å². The van der Waals surface area contributed by atoms with Crippen LogP contribution in [0.1, 0.15) is 36.1 Å². The molecule has 0 aliphatic rings. The molecule has 5 heteroatoms. The maximum Gasteiger partial charge on any atom is 0.221 e. The maximum absolute atomic E-state index is 12.2. The molecule has 0 aliphatic carbocycles. The Kier molecular flexibility index (Phi) is 6.15. The monoisotopic (exact) mass is 345 g/mol. The highest BCUT2D eigenvalue weighted by Crippen LogP contribution is 2.12. The van der Waals surface area contributed by atoms with E-state index in [2.05, 4.69) is 5.32 Å². The summed E-state index contributed by atoms with van der Waals surface area (Å²) in [7, 11) is -3.30. The highest BCUT2D eigenvalue weighted by molar-refractivity contribution is 7.90. The molecule has 4 nitrogen and oxygen atoms in total. The van der Waals surface area contributed by atoms with Gasteiger partial charge in [-0.2, -0.15) is 0 Å². The number of aryl methyl sites for hydroxylation is 1. The second-order valence-corrected chi connectivity index (χ2v) is 8.21. The number of amides is 1. The predicted molar refractivity (Wildman–Crippen MR) is 96.3 cm³/mol. The molecule has 2 aromatic carbocycles. The number of benzene rings is 2. The van der Waals surface area contributed by atoms with Gasteiger partial charge in [-0.15, -0.1) is 0 Å². The first-order valence-electron chi connectivity index (χ1n) is 7.96. The van der Waals surface area contributed by atoms with E-state index in [0.717, 1.165) is 16.7 Å². The van der Waals surface area contributed by atoms with Crippen molar-refractivity contribution in [1.29, 1.82) is 0 Å². The summed E-state index contributed by atoms with van der Waals surface area (Å²) in [6.45, 7) is 3.84. The van der Waals surface area contributed by atoms with Crippen LogP contribution >= 0.6 is 0 Å². The van der Waals surface area contributed by atoms with Crippen molar-refractivity contribution in [2.24, 2.45) is 0 Å². The minimum absolute atomic E-state index is 0.0225. The zero-order valence-electron chi connectivity index (χ0n) is 14.0. The van der Waals surface area contributed by atoms with Crippen molar-refractivity contribution in [1.82, 2.24) is 5.32 Å². The summed E-state index contributed by atoms with van der Waals surface area (Å²) in [6, 6.07) is 16.8. The van der Waals surface area contributed by atoms with Gasteiger partial charge in [0.2, 0.25) is 5.91 Å². The molecule has 0 aliphatic heterocycles. The van der Waals surface area contributed by atoms with Gasteiger partial charge in [0.15, 0.2) is 9.84 Å². The SMILES string of the molecule is Cc1ccc(CS(=O)(=O)CCC(=O)N[C@@H](C)c2ccccc2)cc1. The molecule has 0 fully saturated rings. The molecule has 0 heterocycles. The zero-order valence-corrected chi connectivity index (χ0v) is 14.8. The van der Waals surface area contributed by atoms with E-state index in [1.54, 1.807) is 0 Å². The third-order valence-corrected chi connectivity index (χ3v) is 5.42. The molecule has 0 spiro atoms. The van der Waals surface area contributed by atoms with Crippen LogP contribution in [0, 0.1) is 6.92 Å². The quantitative estimate of drug-likeness (QED) is 0.838. The summed E-state index contributed by atoms with van der Waals surface area (Å²) in [5, 5.41) is 2.84. The van der Waals surface area contributed by atoms with Crippen molar-refractivity contribution in [2.75, 3.05) is 5.75 Å². The molecule has 0 saturated heterocycles. The Morgan fingerprint density at radius 2 is 1.67 bits per heavy atom. The minimum atomic E-state index is -3.30. The lowest BCUT2D eigenvalue weighted by Crippen LogP contribution is -2.28. The number of carbonyl (C=O) groups excluding carboxylic acids is 1. The van der Waals surface area contributed by atoms with E-state index in [4.69, 9.17) is 0 Å². The van der Waals surface area contributed by atoms with E-state index in [1.165, 1.54) is 0 Å². The Balaban J connectivity index is 1.85. The Morgan fingerprint density at radius 1 is 1.04 bits per heavy atom. The molecule has 128 valence electrons. The number of hydrogen-bond acceptors (Lipinski definition) is 3. The first-order chi connectivity index (χ1) is 11.4. The number of hydrogen-bond donors (Lipinski definition) is 1. The maximum atomic E-state index is 12.2. The predicted octanol–water partition coefficient (Wildman–Crippen LogP) is 3.18. The largest absolute Gasteiger partial charge is 0.350 e. The summed E-state index contributed by atoms with van der Waals surface area (Å²) in [6.07, 6.45) is -0.0225. The molecule has 2 aromatic rings. The van der Waals surface area contributed by atoms with Crippen LogP contribution < -0.4 is 5.32 Å².